The van der Waals surface area contributed by atoms with Crippen LogP contribution in [0.2, 0.25) is 0 Å². The first-order chi connectivity index (χ1) is 13.9. The van der Waals surface area contributed by atoms with E-state index in [1.165, 1.54) is 11.3 Å². The molecule has 0 aliphatic rings. The van der Waals surface area contributed by atoms with Crippen molar-refractivity contribution < 1.29 is 19.5 Å². The average molecular weight is 415 g/mol. The normalized spacial score (nSPS) is 11.8. The second-order valence-corrected chi connectivity index (χ2v) is 7.60. The molecule has 0 aliphatic carbocycles. The molecule has 152 valence electrons. The second kappa shape index (κ2) is 8.87. The number of anilines is 1. The molecule has 0 aliphatic heterocycles. The first-order valence-corrected chi connectivity index (χ1v) is 9.81. The molecule has 29 heavy (non-hydrogen) atoms. The maximum atomic E-state index is 12.7. The Morgan fingerprint density at radius 3 is 2.72 bits per heavy atom. The second-order valence-electron chi connectivity index (χ2n) is 6.52. The van der Waals surface area contributed by atoms with E-state index in [0.29, 0.717) is 11.6 Å². The Morgan fingerprint density at radius 2 is 2.00 bits per heavy atom. The number of nitrogens with one attached hydrogen (secondary N) is 1. The minimum absolute atomic E-state index is 0.0400. The fourth-order valence-electron chi connectivity index (χ4n) is 2.93. The highest BCUT2D eigenvalue weighted by Crippen LogP contribution is 2.27. The lowest BCUT2D eigenvalue weighted by Gasteiger charge is -2.12. The molecule has 3 aromatic rings. The summed E-state index contributed by atoms with van der Waals surface area (Å²) in [6, 6.07) is 11.7. The van der Waals surface area contributed by atoms with Crippen LogP contribution in [0.25, 0.3) is 10.8 Å². The third kappa shape index (κ3) is 5.00. The molecule has 8 nitrogen and oxygen atoms in total. The number of hydrogen-bond donors (Lipinski definition) is 1. The first kappa shape index (κ1) is 20.5. The van der Waals surface area contributed by atoms with E-state index >= 15 is 0 Å². The number of methoxy groups -OCH3 is 1. The molecular formula is C20H21N3O5S. The largest absolute Gasteiger partial charge is 0.497 e. The Morgan fingerprint density at radius 1 is 1.28 bits per heavy atom. The number of aromatic nitrogens is 1. The van der Waals surface area contributed by atoms with Gasteiger partial charge >= 0.3 is 0 Å². The van der Waals surface area contributed by atoms with Crippen molar-refractivity contribution in [3.05, 3.63) is 62.6 Å². The number of ether oxygens (including phenoxy) is 1. The number of nitrogens with zero attached hydrogens (tertiary/aromatic N) is 2. The fourth-order valence-corrected chi connectivity index (χ4v) is 3.88. The van der Waals surface area contributed by atoms with Crippen LogP contribution in [0.1, 0.15) is 29.0 Å². The molecule has 0 fully saturated rings. The van der Waals surface area contributed by atoms with Crippen molar-refractivity contribution in [3.63, 3.8) is 0 Å². The number of thiazole rings is 1. The van der Waals surface area contributed by atoms with Crippen LogP contribution in [0.4, 0.5) is 5.13 Å². The molecule has 1 heterocycles. The molecule has 0 saturated carbocycles. The summed E-state index contributed by atoms with van der Waals surface area (Å²) in [7, 11) is 1.63. The zero-order chi connectivity index (χ0) is 21.0. The van der Waals surface area contributed by atoms with Gasteiger partial charge in [-0.25, -0.2) is 4.98 Å². The van der Waals surface area contributed by atoms with Crippen LogP contribution in [0.3, 0.4) is 0 Å². The van der Waals surface area contributed by atoms with Gasteiger partial charge < -0.3 is 14.9 Å². The Hall–Kier alpha value is -3.20. The van der Waals surface area contributed by atoms with Crippen LogP contribution < -0.4 is 10.1 Å². The van der Waals surface area contributed by atoms with E-state index < -0.39 is 5.09 Å². The van der Waals surface area contributed by atoms with E-state index in [4.69, 9.17) is 4.74 Å². The number of amides is 1. The maximum Gasteiger partial charge on any atom is 0.294 e. The number of carbonyl (C=O) groups excluding carboxylic acids is 1. The Kier molecular flexibility index (Phi) is 6.28. The van der Waals surface area contributed by atoms with Gasteiger partial charge in [-0.3, -0.25) is 4.79 Å². The molecule has 1 unspecified atom stereocenters. The molecule has 0 radical (unpaired) electrons. The lowest BCUT2D eigenvalue weighted by Crippen LogP contribution is -2.18. The Labute approximate surface area is 171 Å². The van der Waals surface area contributed by atoms with Gasteiger partial charge in [0.15, 0.2) is 5.13 Å². The Bertz CT molecular complexity index is 1050. The summed E-state index contributed by atoms with van der Waals surface area (Å²) < 4.78 is 5.24. The van der Waals surface area contributed by atoms with Gasteiger partial charge in [-0.05, 0) is 42.3 Å². The number of benzene rings is 2. The van der Waals surface area contributed by atoms with Crippen molar-refractivity contribution in [3.8, 4) is 5.75 Å². The predicted molar refractivity (Wildman–Crippen MR) is 111 cm³/mol. The standard InChI is InChI=1S/C20H21N3O5S/c1-12(14-4-5-16-11-17(27-3)7-6-15(16)10-14)19(24)22-20-21-13(2)18(29-20)8-9-28-23(25)26/h4-7,10-12H,8-9H2,1-3H3,(H,21,22,24). The molecule has 2 aromatic carbocycles. The highest BCUT2D eigenvalue weighted by molar-refractivity contribution is 7.15. The Balaban J connectivity index is 1.69. The molecule has 1 amide bonds. The average Bonchev–Trinajstić information content (AvgIpc) is 3.05. The fraction of sp³-hybridized carbons (Fsp3) is 0.300. The molecule has 9 heteroatoms. The van der Waals surface area contributed by atoms with Crippen molar-refractivity contribution in [2.75, 3.05) is 19.0 Å². The highest BCUT2D eigenvalue weighted by atomic mass is 32.1. The van der Waals surface area contributed by atoms with E-state index in [1.807, 2.05) is 43.3 Å². The third-order valence-electron chi connectivity index (χ3n) is 4.61. The molecule has 0 saturated heterocycles. The maximum absolute atomic E-state index is 12.7. The van der Waals surface area contributed by atoms with Crippen molar-refractivity contribution in [1.82, 2.24) is 4.98 Å². The van der Waals surface area contributed by atoms with E-state index in [0.717, 1.165) is 32.7 Å². The van der Waals surface area contributed by atoms with Crippen molar-refractivity contribution in [1.29, 1.82) is 0 Å². The predicted octanol–water partition coefficient (Wildman–Crippen LogP) is 4.11. The lowest BCUT2D eigenvalue weighted by atomic mass is 9.97. The topological polar surface area (TPSA) is 104 Å². The molecular weight excluding hydrogens is 394 g/mol. The summed E-state index contributed by atoms with van der Waals surface area (Å²) in [4.78, 5) is 32.5. The van der Waals surface area contributed by atoms with Crippen LogP contribution in [0.5, 0.6) is 5.75 Å². The highest BCUT2D eigenvalue weighted by Gasteiger charge is 2.18. The summed E-state index contributed by atoms with van der Waals surface area (Å²) >= 11 is 1.30. The van der Waals surface area contributed by atoms with Gasteiger partial charge in [-0.1, -0.05) is 24.3 Å². The SMILES string of the molecule is COc1ccc2cc(C(C)C(=O)Nc3nc(C)c(CCO[N+](=O)[O-])s3)ccc2c1. The third-order valence-corrected chi connectivity index (χ3v) is 5.75. The molecule has 0 spiro atoms. The minimum atomic E-state index is -0.819. The van der Waals surface area contributed by atoms with Crippen molar-refractivity contribution >= 4 is 33.1 Å². The minimum Gasteiger partial charge on any atom is -0.497 e. The zero-order valence-corrected chi connectivity index (χ0v) is 17.1. The van der Waals surface area contributed by atoms with Gasteiger partial charge in [-0.15, -0.1) is 21.5 Å². The van der Waals surface area contributed by atoms with Gasteiger partial charge in [0.25, 0.3) is 5.09 Å². The quantitative estimate of drug-likeness (QED) is 0.439. The molecule has 1 N–H and O–H groups in total. The smallest absolute Gasteiger partial charge is 0.294 e. The van der Waals surface area contributed by atoms with E-state index in [-0.39, 0.29) is 18.4 Å². The van der Waals surface area contributed by atoms with Gasteiger partial charge in [0.2, 0.25) is 5.91 Å². The summed E-state index contributed by atoms with van der Waals surface area (Å²) in [5.41, 5.74) is 1.62. The van der Waals surface area contributed by atoms with E-state index in [9.17, 15) is 14.9 Å². The van der Waals surface area contributed by atoms with Gasteiger partial charge in [-0.2, -0.15) is 0 Å². The summed E-state index contributed by atoms with van der Waals surface area (Å²) in [6.45, 7) is 3.60. The molecule has 0 bridgehead atoms. The lowest BCUT2D eigenvalue weighted by molar-refractivity contribution is -0.757. The van der Waals surface area contributed by atoms with Crippen LogP contribution in [0.15, 0.2) is 36.4 Å². The summed E-state index contributed by atoms with van der Waals surface area (Å²) in [6.07, 6.45) is 0.365. The van der Waals surface area contributed by atoms with Crippen LogP contribution in [0, 0.1) is 17.0 Å². The van der Waals surface area contributed by atoms with E-state index in [1.54, 1.807) is 14.0 Å². The van der Waals surface area contributed by atoms with Crippen molar-refractivity contribution in [2.45, 2.75) is 26.2 Å². The number of rotatable bonds is 8. The number of fused-ring (bicyclic) bond motifs is 1. The summed E-state index contributed by atoms with van der Waals surface area (Å²) in [5.74, 6) is 0.251. The molecule has 1 atom stereocenters. The number of aryl methyl sites for hydroxylation is 1. The van der Waals surface area contributed by atoms with Crippen LogP contribution in [-0.2, 0) is 16.1 Å². The van der Waals surface area contributed by atoms with E-state index in [2.05, 4.69) is 15.1 Å². The first-order valence-electron chi connectivity index (χ1n) is 8.99. The molecule has 3 rings (SSSR count). The monoisotopic (exact) mass is 415 g/mol. The number of hydrogen-bond acceptors (Lipinski definition) is 7. The van der Waals surface area contributed by atoms with Crippen molar-refractivity contribution in [2.24, 2.45) is 0 Å². The zero-order valence-electron chi connectivity index (χ0n) is 16.3. The van der Waals surface area contributed by atoms with Gasteiger partial charge in [0, 0.05) is 11.3 Å². The van der Waals surface area contributed by atoms with Crippen LogP contribution >= 0.6 is 11.3 Å². The van der Waals surface area contributed by atoms with Crippen LogP contribution in [-0.4, -0.2) is 29.7 Å². The van der Waals surface area contributed by atoms with Gasteiger partial charge in [0.1, 0.15) is 12.4 Å². The van der Waals surface area contributed by atoms with Gasteiger partial charge in [0.05, 0.1) is 18.7 Å². The molecule has 1 aromatic heterocycles. The number of carbonyl (C=O) groups is 1. The summed E-state index contributed by atoms with van der Waals surface area (Å²) in [5, 5.41) is 14.8.